The number of carbonyl (C=O) groups is 4. The molecule has 0 fully saturated rings. The summed E-state index contributed by atoms with van der Waals surface area (Å²) >= 11 is 0. The van der Waals surface area contributed by atoms with Gasteiger partial charge in [0.15, 0.2) is 12.2 Å². The molecule has 0 saturated heterocycles. The molecule has 648 valence electrons. The fourth-order valence-corrected chi connectivity index (χ4v) is 15.7. The lowest BCUT2D eigenvalue weighted by atomic mass is 10.00. The highest BCUT2D eigenvalue weighted by atomic mass is 31.2. The van der Waals surface area contributed by atoms with E-state index in [0.717, 1.165) is 108 Å². The third-order valence-corrected chi connectivity index (χ3v) is 23.5. The Morgan fingerprint density at radius 1 is 0.266 bits per heavy atom. The second kappa shape index (κ2) is 81.2. The number of aliphatic hydroxyl groups is 1. The fourth-order valence-electron chi connectivity index (χ4n) is 14.1. The van der Waals surface area contributed by atoms with Crippen molar-refractivity contribution in [2.24, 2.45) is 11.8 Å². The molecule has 0 aromatic carbocycles. The van der Waals surface area contributed by atoms with Crippen molar-refractivity contribution >= 4 is 39.5 Å². The molecule has 0 spiro atoms. The zero-order valence-electron chi connectivity index (χ0n) is 71.9. The van der Waals surface area contributed by atoms with Crippen molar-refractivity contribution in [3.63, 3.8) is 0 Å². The molecule has 0 rings (SSSR count). The zero-order valence-corrected chi connectivity index (χ0v) is 73.7. The topological polar surface area (TPSA) is 237 Å². The van der Waals surface area contributed by atoms with Crippen molar-refractivity contribution < 1.29 is 80.2 Å². The second-order valence-corrected chi connectivity index (χ2v) is 36.0. The van der Waals surface area contributed by atoms with E-state index in [9.17, 15) is 43.2 Å². The molecule has 19 heteroatoms. The van der Waals surface area contributed by atoms with Crippen LogP contribution >= 0.6 is 15.6 Å². The maximum atomic E-state index is 13.2. The van der Waals surface area contributed by atoms with Crippen LogP contribution in [0, 0.1) is 11.8 Å². The molecule has 3 N–H and O–H groups in total. The number of rotatable bonds is 89. The maximum Gasteiger partial charge on any atom is 0.472 e. The number of unbranched alkanes of at least 4 members (excludes halogenated alkanes) is 58. The van der Waals surface area contributed by atoms with Crippen LogP contribution in [0.3, 0.4) is 0 Å². The molecule has 0 aromatic heterocycles. The summed E-state index contributed by atoms with van der Waals surface area (Å²) in [6.45, 7) is 9.68. The van der Waals surface area contributed by atoms with Gasteiger partial charge in [-0.3, -0.25) is 37.3 Å². The van der Waals surface area contributed by atoms with Gasteiger partial charge < -0.3 is 33.8 Å². The van der Waals surface area contributed by atoms with Gasteiger partial charge in [0, 0.05) is 25.7 Å². The van der Waals surface area contributed by atoms with E-state index in [-0.39, 0.29) is 25.7 Å². The monoisotopic (exact) mass is 1590 g/mol. The molecule has 0 aromatic rings. The summed E-state index contributed by atoms with van der Waals surface area (Å²) in [5, 5.41) is 10.7. The van der Waals surface area contributed by atoms with Crippen LogP contribution in [0.4, 0.5) is 0 Å². The van der Waals surface area contributed by atoms with Crippen LogP contribution in [-0.4, -0.2) is 96.7 Å². The van der Waals surface area contributed by atoms with E-state index in [1.54, 1.807) is 0 Å². The molecule has 0 bridgehead atoms. The van der Waals surface area contributed by atoms with Crippen LogP contribution in [0.15, 0.2) is 0 Å². The van der Waals surface area contributed by atoms with Crippen molar-refractivity contribution in [1.82, 2.24) is 0 Å². The Hall–Kier alpha value is -1.94. The predicted octanol–water partition coefficient (Wildman–Crippen LogP) is 27.8. The molecule has 109 heavy (non-hydrogen) atoms. The SMILES string of the molecule is CCCCCCCCCCCCCCCCCCCCCCCC(=O)O[C@H](COC(=O)CCCCCCCCCCCCCCCCCCCCCC)COP(=O)(O)OC[C@@H](O)COP(=O)(O)OC[C@@H](COC(=O)CCCCCCCCC(C)CC)OC(=O)CCCCCCCCCCCCCCCCCC(C)C. The molecule has 0 saturated carbocycles. The van der Waals surface area contributed by atoms with Gasteiger partial charge in [0.1, 0.15) is 19.3 Å². The molecular formula is C90H176O17P2. The minimum absolute atomic E-state index is 0.107. The number of ether oxygens (including phenoxy) is 4. The summed E-state index contributed by atoms with van der Waals surface area (Å²) in [5.41, 5.74) is 0. The molecular weight excluding hydrogens is 1410 g/mol. The first kappa shape index (κ1) is 107. The van der Waals surface area contributed by atoms with E-state index in [1.807, 2.05) is 0 Å². The number of aliphatic hydroxyl groups excluding tert-OH is 1. The summed E-state index contributed by atoms with van der Waals surface area (Å²) in [6, 6.07) is 0. The Labute approximate surface area is 670 Å². The van der Waals surface area contributed by atoms with E-state index in [1.165, 1.54) is 295 Å². The minimum Gasteiger partial charge on any atom is -0.462 e. The highest BCUT2D eigenvalue weighted by Gasteiger charge is 2.31. The van der Waals surface area contributed by atoms with Gasteiger partial charge in [0.05, 0.1) is 26.4 Å². The van der Waals surface area contributed by atoms with E-state index >= 15 is 0 Å². The summed E-state index contributed by atoms with van der Waals surface area (Å²) in [4.78, 5) is 73.4. The van der Waals surface area contributed by atoms with Crippen molar-refractivity contribution in [3.05, 3.63) is 0 Å². The minimum atomic E-state index is -4.97. The summed E-state index contributed by atoms with van der Waals surface area (Å²) in [6.07, 6.45) is 75.2. The van der Waals surface area contributed by atoms with Crippen molar-refractivity contribution in [3.8, 4) is 0 Å². The molecule has 17 nitrogen and oxygen atoms in total. The molecule has 0 aliphatic carbocycles. The lowest BCUT2D eigenvalue weighted by Crippen LogP contribution is -2.30. The zero-order chi connectivity index (χ0) is 79.9. The van der Waals surface area contributed by atoms with Crippen LogP contribution in [0.5, 0.6) is 0 Å². The van der Waals surface area contributed by atoms with Crippen LogP contribution < -0.4 is 0 Å². The number of hydrogen-bond acceptors (Lipinski definition) is 15. The van der Waals surface area contributed by atoms with Gasteiger partial charge in [-0.1, -0.05) is 433 Å². The fraction of sp³-hybridized carbons (Fsp3) is 0.956. The lowest BCUT2D eigenvalue weighted by molar-refractivity contribution is -0.161. The number of esters is 4. The van der Waals surface area contributed by atoms with Crippen LogP contribution in [-0.2, 0) is 65.4 Å². The number of phosphoric acid groups is 2. The largest absolute Gasteiger partial charge is 0.472 e. The van der Waals surface area contributed by atoms with E-state index < -0.39 is 97.5 Å². The number of carbonyl (C=O) groups excluding carboxylic acids is 4. The van der Waals surface area contributed by atoms with Gasteiger partial charge in [0.2, 0.25) is 0 Å². The van der Waals surface area contributed by atoms with Gasteiger partial charge in [-0.25, -0.2) is 9.13 Å². The Morgan fingerprint density at radius 3 is 0.697 bits per heavy atom. The Bertz CT molecular complexity index is 2080. The predicted molar refractivity (Wildman–Crippen MR) is 451 cm³/mol. The van der Waals surface area contributed by atoms with Crippen molar-refractivity contribution in [2.75, 3.05) is 39.6 Å². The Balaban J connectivity index is 5.22. The molecule has 0 aliphatic heterocycles. The Morgan fingerprint density at radius 2 is 0.468 bits per heavy atom. The van der Waals surface area contributed by atoms with Gasteiger partial charge in [-0.2, -0.15) is 0 Å². The van der Waals surface area contributed by atoms with Gasteiger partial charge in [-0.05, 0) is 37.5 Å². The van der Waals surface area contributed by atoms with E-state index in [0.29, 0.717) is 25.7 Å². The standard InChI is InChI=1S/C90H176O17P2/c1-7-10-12-14-16-18-20-22-24-26-28-30-32-34-38-42-46-50-54-62-68-74-89(94)106-85(78-100-87(92)72-66-60-53-49-45-41-37-33-31-29-27-25-23-21-19-17-15-13-11-8-2)80-104-108(96,97)102-76-84(91)77-103-109(98,99)105-81-86(79-101-88(93)73-67-61-57-56-59-65-71-83(6)9-3)107-90(95)75-69-63-55-51-47-43-39-35-36-40-44-48-52-58-64-70-82(4)5/h82-86,91H,7-81H2,1-6H3,(H,96,97)(H,98,99)/t83?,84-,85-,86-/m1/s1. The summed E-state index contributed by atoms with van der Waals surface area (Å²) < 4.78 is 69.0. The summed E-state index contributed by atoms with van der Waals surface area (Å²) in [7, 11) is -9.93. The van der Waals surface area contributed by atoms with Gasteiger partial charge >= 0.3 is 39.5 Å². The highest BCUT2D eigenvalue weighted by molar-refractivity contribution is 7.47. The van der Waals surface area contributed by atoms with Crippen LogP contribution in [0.1, 0.15) is 485 Å². The van der Waals surface area contributed by atoms with Gasteiger partial charge in [0.25, 0.3) is 0 Å². The number of hydrogen-bond donors (Lipinski definition) is 3. The van der Waals surface area contributed by atoms with Crippen LogP contribution in [0.2, 0.25) is 0 Å². The quantitative estimate of drug-likeness (QED) is 0.0222. The molecule has 0 radical (unpaired) electrons. The third-order valence-electron chi connectivity index (χ3n) is 21.6. The summed E-state index contributed by atoms with van der Waals surface area (Å²) in [5.74, 6) is -0.566. The van der Waals surface area contributed by atoms with Gasteiger partial charge in [-0.15, -0.1) is 0 Å². The molecule has 6 atom stereocenters. The smallest absolute Gasteiger partial charge is 0.462 e. The Kier molecular flexibility index (Phi) is 79.8. The molecule has 3 unspecified atom stereocenters. The molecule has 0 aliphatic rings. The van der Waals surface area contributed by atoms with E-state index in [2.05, 4.69) is 41.5 Å². The van der Waals surface area contributed by atoms with Crippen molar-refractivity contribution in [2.45, 2.75) is 503 Å². The normalized spacial score (nSPS) is 14.0. The molecule has 0 heterocycles. The average molecular weight is 1590 g/mol. The lowest BCUT2D eigenvalue weighted by Gasteiger charge is -2.21. The van der Waals surface area contributed by atoms with Crippen LogP contribution in [0.25, 0.3) is 0 Å². The molecule has 0 amide bonds. The first-order chi connectivity index (χ1) is 52.9. The highest BCUT2D eigenvalue weighted by Crippen LogP contribution is 2.45. The first-order valence-electron chi connectivity index (χ1n) is 46.5. The van der Waals surface area contributed by atoms with E-state index in [4.69, 9.17) is 37.0 Å². The van der Waals surface area contributed by atoms with Crippen molar-refractivity contribution in [1.29, 1.82) is 0 Å². The average Bonchev–Trinajstić information content (AvgIpc) is 0.899. The third kappa shape index (κ3) is 82.4. The first-order valence-corrected chi connectivity index (χ1v) is 49.5. The maximum absolute atomic E-state index is 13.2. The number of phosphoric ester groups is 2. The second-order valence-electron chi connectivity index (χ2n) is 33.1.